The maximum absolute atomic E-state index is 13.7. The molecule has 4 aromatic rings. The SMILES string of the molecule is Cc1ccc([C@H](C(=O)NCc2ccco2)N(C(=O)CNC(=O)c2ccco2)c2ccc3c(c2)OCO3)cc1. The molecule has 1 aliphatic heterocycles. The molecule has 2 N–H and O–H groups in total. The summed E-state index contributed by atoms with van der Waals surface area (Å²) in [6.07, 6.45) is 2.88. The number of ether oxygens (including phenoxy) is 2. The highest BCUT2D eigenvalue weighted by Gasteiger charge is 2.34. The van der Waals surface area contributed by atoms with Crippen molar-refractivity contribution in [3.05, 3.63) is 102 Å². The summed E-state index contributed by atoms with van der Waals surface area (Å²) in [5.74, 6) is 0.0886. The van der Waals surface area contributed by atoms with E-state index in [9.17, 15) is 14.4 Å². The van der Waals surface area contributed by atoms with Crippen molar-refractivity contribution in [2.75, 3.05) is 18.2 Å². The van der Waals surface area contributed by atoms with Gasteiger partial charge >= 0.3 is 0 Å². The third-order valence-electron chi connectivity index (χ3n) is 5.96. The number of benzene rings is 2. The first-order valence-corrected chi connectivity index (χ1v) is 11.9. The quantitative estimate of drug-likeness (QED) is 0.348. The van der Waals surface area contributed by atoms with Gasteiger partial charge in [-0.2, -0.15) is 0 Å². The molecule has 1 aliphatic rings. The first-order chi connectivity index (χ1) is 18.5. The van der Waals surface area contributed by atoms with E-state index in [1.54, 1.807) is 48.5 Å². The Morgan fingerprint density at radius 2 is 1.66 bits per heavy atom. The Morgan fingerprint density at radius 3 is 2.39 bits per heavy atom. The van der Waals surface area contributed by atoms with Crippen molar-refractivity contribution in [2.24, 2.45) is 0 Å². The Balaban J connectivity index is 1.49. The van der Waals surface area contributed by atoms with Gasteiger partial charge in [0.05, 0.1) is 25.6 Å². The van der Waals surface area contributed by atoms with E-state index in [2.05, 4.69) is 10.6 Å². The number of furan rings is 2. The molecule has 5 rings (SSSR count). The number of carbonyl (C=O) groups excluding carboxylic acids is 3. The number of hydrogen-bond acceptors (Lipinski definition) is 7. The highest BCUT2D eigenvalue weighted by atomic mass is 16.7. The zero-order valence-corrected chi connectivity index (χ0v) is 20.5. The van der Waals surface area contributed by atoms with Crippen LogP contribution in [0.5, 0.6) is 11.5 Å². The minimum Gasteiger partial charge on any atom is -0.467 e. The second-order valence-corrected chi connectivity index (χ2v) is 8.57. The molecule has 0 aliphatic carbocycles. The molecule has 0 bridgehead atoms. The van der Waals surface area contributed by atoms with Crippen molar-refractivity contribution in [3.8, 4) is 11.5 Å². The van der Waals surface area contributed by atoms with Crippen LogP contribution in [-0.4, -0.2) is 31.1 Å². The number of anilines is 1. The number of rotatable bonds is 9. The number of nitrogens with one attached hydrogen (secondary N) is 2. The first kappa shape index (κ1) is 24.7. The van der Waals surface area contributed by atoms with E-state index in [0.29, 0.717) is 28.5 Å². The normalized spacial score (nSPS) is 12.6. The average molecular weight is 516 g/mol. The lowest BCUT2D eigenvalue weighted by Crippen LogP contribution is -2.47. The summed E-state index contributed by atoms with van der Waals surface area (Å²) in [4.78, 5) is 41.2. The van der Waals surface area contributed by atoms with Crippen molar-refractivity contribution < 1.29 is 32.7 Å². The third kappa shape index (κ3) is 5.39. The van der Waals surface area contributed by atoms with Crippen molar-refractivity contribution in [1.82, 2.24) is 10.6 Å². The molecule has 0 spiro atoms. The molecule has 0 radical (unpaired) electrons. The Kier molecular flexibility index (Phi) is 7.12. The smallest absolute Gasteiger partial charge is 0.287 e. The summed E-state index contributed by atoms with van der Waals surface area (Å²) in [5.41, 5.74) is 1.97. The van der Waals surface area contributed by atoms with Crippen molar-refractivity contribution in [1.29, 1.82) is 0 Å². The second kappa shape index (κ2) is 11.0. The molecular formula is C28H25N3O7. The Morgan fingerprint density at radius 1 is 0.895 bits per heavy atom. The van der Waals surface area contributed by atoms with E-state index in [1.165, 1.54) is 23.5 Å². The Hall–Kier alpha value is -4.99. The van der Waals surface area contributed by atoms with Crippen molar-refractivity contribution in [2.45, 2.75) is 19.5 Å². The summed E-state index contributed by atoms with van der Waals surface area (Å²) in [7, 11) is 0. The standard InChI is InChI=1S/C28H25N3O7/c1-18-6-8-19(9-7-18)26(28(34)29-15-21-4-2-12-35-21)31(20-10-11-22-24(14-20)38-17-37-22)25(32)16-30-27(33)23-5-3-13-36-23/h2-14,26H,15-17H2,1H3,(H,29,34)(H,30,33)/t26-/m1/s1. The molecule has 2 aromatic heterocycles. The third-order valence-corrected chi connectivity index (χ3v) is 5.96. The maximum atomic E-state index is 13.7. The topological polar surface area (TPSA) is 123 Å². The maximum Gasteiger partial charge on any atom is 0.287 e. The van der Waals surface area contributed by atoms with Gasteiger partial charge in [-0.3, -0.25) is 19.3 Å². The van der Waals surface area contributed by atoms with Crippen LogP contribution in [0.2, 0.25) is 0 Å². The highest BCUT2D eigenvalue weighted by Crippen LogP contribution is 2.38. The molecule has 3 amide bonds. The summed E-state index contributed by atoms with van der Waals surface area (Å²) in [5, 5.41) is 5.43. The van der Waals surface area contributed by atoms with Gasteiger partial charge in [0.2, 0.25) is 18.6 Å². The van der Waals surface area contributed by atoms with Gasteiger partial charge in [-0.15, -0.1) is 0 Å². The van der Waals surface area contributed by atoms with Crippen molar-refractivity contribution in [3.63, 3.8) is 0 Å². The monoisotopic (exact) mass is 515 g/mol. The number of aryl methyl sites for hydroxylation is 1. The van der Waals surface area contributed by atoms with Crippen LogP contribution < -0.4 is 25.0 Å². The van der Waals surface area contributed by atoms with Crippen LogP contribution >= 0.6 is 0 Å². The van der Waals surface area contributed by atoms with Crippen LogP contribution in [0.25, 0.3) is 0 Å². The summed E-state index contributed by atoms with van der Waals surface area (Å²) in [6, 6.07) is 17.8. The fraction of sp³-hybridized carbons (Fsp3) is 0.179. The zero-order valence-electron chi connectivity index (χ0n) is 20.5. The fourth-order valence-corrected chi connectivity index (χ4v) is 4.06. The minimum atomic E-state index is -1.07. The Labute approximate surface area is 218 Å². The van der Waals surface area contributed by atoms with Gasteiger partial charge in [-0.1, -0.05) is 29.8 Å². The lowest BCUT2D eigenvalue weighted by atomic mass is 10.0. The lowest BCUT2D eigenvalue weighted by molar-refractivity contribution is -0.126. The highest BCUT2D eigenvalue weighted by molar-refractivity contribution is 6.04. The van der Waals surface area contributed by atoms with E-state index in [1.807, 2.05) is 19.1 Å². The zero-order chi connectivity index (χ0) is 26.5. The van der Waals surface area contributed by atoms with Gasteiger partial charge in [0, 0.05) is 11.8 Å². The van der Waals surface area contributed by atoms with Crippen LogP contribution in [0.3, 0.4) is 0 Å². The van der Waals surface area contributed by atoms with Crippen molar-refractivity contribution >= 4 is 23.4 Å². The molecule has 10 heteroatoms. The van der Waals surface area contributed by atoms with Gasteiger partial charge in [-0.05, 0) is 48.9 Å². The number of nitrogens with zero attached hydrogens (tertiary/aromatic N) is 1. The van der Waals surface area contributed by atoms with Crippen LogP contribution in [0.1, 0.15) is 33.5 Å². The number of carbonyl (C=O) groups is 3. The lowest BCUT2D eigenvalue weighted by Gasteiger charge is -2.31. The molecule has 2 aromatic carbocycles. The summed E-state index contributed by atoms with van der Waals surface area (Å²) >= 11 is 0. The molecule has 0 saturated carbocycles. The van der Waals surface area contributed by atoms with E-state index in [4.69, 9.17) is 18.3 Å². The van der Waals surface area contributed by atoms with Gasteiger partial charge in [0.1, 0.15) is 11.8 Å². The predicted molar refractivity (Wildman–Crippen MR) is 136 cm³/mol. The molecule has 0 saturated heterocycles. The Bertz CT molecular complexity index is 1410. The van der Waals surface area contributed by atoms with E-state index < -0.39 is 23.8 Å². The van der Waals surface area contributed by atoms with Crippen LogP contribution in [-0.2, 0) is 16.1 Å². The number of fused-ring (bicyclic) bond motifs is 1. The van der Waals surface area contributed by atoms with Gasteiger partial charge in [0.25, 0.3) is 5.91 Å². The van der Waals surface area contributed by atoms with E-state index in [0.717, 1.165) is 5.56 Å². The molecular weight excluding hydrogens is 490 g/mol. The summed E-state index contributed by atoms with van der Waals surface area (Å²) < 4.78 is 21.4. The molecule has 38 heavy (non-hydrogen) atoms. The number of hydrogen-bond donors (Lipinski definition) is 2. The molecule has 0 unspecified atom stereocenters. The average Bonchev–Trinajstić information content (AvgIpc) is 3.72. The summed E-state index contributed by atoms with van der Waals surface area (Å²) in [6.45, 7) is 1.73. The molecule has 194 valence electrons. The molecule has 3 heterocycles. The van der Waals surface area contributed by atoms with E-state index >= 15 is 0 Å². The van der Waals surface area contributed by atoms with Crippen LogP contribution in [0.4, 0.5) is 5.69 Å². The number of amides is 3. The fourth-order valence-electron chi connectivity index (χ4n) is 4.06. The van der Waals surface area contributed by atoms with Crippen LogP contribution in [0.15, 0.2) is 88.1 Å². The molecule has 0 fully saturated rings. The predicted octanol–water partition coefficient (Wildman–Crippen LogP) is 3.73. The van der Waals surface area contributed by atoms with Crippen LogP contribution in [0, 0.1) is 6.92 Å². The largest absolute Gasteiger partial charge is 0.467 e. The van der Waals surface area contributed by atoms with Gasteiger partial charge in [-0.25, -0.2) is 0 Å². The second-order valence-electron chi connectivity index (χ2n) is 8.57. The molecule has 1 atom stereocenters. The first-order valence-electron chi connectivity index (χ1n) is 11.9. The molecule has 10 nitrogen and oxygen atoms in total. The minimum absolute atomic E-state index is 0.0525. The van der Waals surface area contributed by atoms with Gasteiger partial charge in [0.15, 0.2) is 17.3 Å². The van der Waals surface area contributed by atoms with E-state index in [-0.39, 0.29) is 25.6 Å². The van der Waals surface area contributed by atoms with Gasteiger partial charge < -0.3 is 28.9 Å².